The summed E-state index contributed by atoms with van der Waals surface area (Å²) in [6, 6.07) is 7.25. The van der Waals surface area contributed by atoms with Crippen molar-refractivity contribution in [2.45, 2.75) is 26.1 Å². The Morgan fingerprint density at radius 2 is 1.70 bits per heavy atom. The summed E-state index contributed by atoms with van der Waals surface area (Å²) in [4.78, 5) is 8.16. The summed E-state index contributed by atoms with van der Waals surface area (Å²) in [5, 5.41) is 10.4. The van der Waals surface area contributed by atoms with Crippen molar-refractivity contribution < 1.29 is 14.6 Å². The lowest BCUT2D eigenvalue weighted by Gasteiger charge is -2.14. The molecule has 1 N–H and O–H groups in total. The van der Waals surface area contributed by atoms with Gasteiger partial charge in [0.1, 0.15) is 17.5 Å². The molecule has 0 fully saturated rings. The first-order chi connectivity index (χ1) is 9.61. The summed E-state index contributed by atoms with van der Waals surface area (Å²) in [7, 11) is 1.50. The van der Waals surface area contributed by atoms with Gasteiger partial charge in [0.2, 0.25) is 5.88 Å². The molecule has 0 aliphatic carbocycles. The average Bonchev–Trinajstić information content (AvgIpc) is 2.46. The van der Waals surface area contributed by atoms with E-state index in [1.165, 1.54) is 19.5 Å². The summed E-state index contributed by atoms with van der Waals surface area (Å²) in [5.41, 5.74) is 1.10. The molecule has 20 heavy (non-hydrogen) atoms. The summed E-state index contributed by atoms with van der Waals surface area (Å²) < 4.78 is 10.7. The molecule has 0 aliphatic rings. The van der Waals surface area contributed by atoms with Crippen LogP contribution in [-0.4, -0.2) is 28.3 Å². The number of hydrogen-bond donors (Lipinski definition) is 1. The molecule has 0 saturated carbocycles. The van der Waals surface area contributed by atoms with Gasteiger partial charge in [0.05, 0.1) is 13.2 Å². The Kier molecular flexibility index (Phi) is 4.53. The predicted molar refractivity (Wildman–Crippen MR) is 74.9 cm³/mol. The maximum Gasteiger partial charge on any atom is 0.238 e. The van der Waals surface area contributed by atoms with Gasteiger partial charge in [0, 0.05) is 12.4 Å². The minimum Gasteiger partial charge on any atom is -0.491 e. The highest BCUT2D eigenvalue weighted by Gasteiger charge is 2.17. The molecule has 106 valence electrons. The lowest BCUT2D eigenvalue weighted by Crippen LogP contribution is -2.07. The van der Waals surface area contributed by atoms with E-state index in [2.05, 4.69) is 9.97 Å². The zero-order valence-electron chi connectivity index (χ0n) is 11.8. The van der Waals surface area contributed by atoms with Crippen LogP contribution < -0.4 is 9.47 Å². The SMILES string of the molecule is COc1nccnc1C(O)c1ccc(OC(C)C)cc1. The molecule has 2 rings (SSSR count). The molecule has 1 aromatic heterocycles. The largest absolute Gasteiger partial charge is 0.491 e. The van der Waals surface area contributed by atoms with E-state index < -0.39 is 6.10 Å². The zero-order valence-corrected chi connectivity index (χ0v) is 11.8. The van der Waals surface area contributed by atoms with E-state index in [-0.39, 0.29) is 6.10 Å². The number of aromatic nitrogens is 2. The average molecular weight is 274 g/mol. The van der Waals surface area contributed by atoms with Crippen molar-refractivity contribution in [2.24, 2.45) is 0 Å². The van der Waals surface area contributed by atoms with Gasteiger partial charge >= 0.3 is 0 Å². The number of aliphatic hydroxyl groups is 1. The van der Waals surface area contributed by atoms with Gasteiger partial charge in [-0.05, 0) is 31.5 Å². The lowest BCUT2D eigenvalue weighted by atomic mass is 10.1. The van der Waals surface area contributed by atoms with Crippen LogP contribution in [0, 0.1) is 0 Å². The highest BCUT2D eigenvalue weighted by Crippen LogP contribution is 2.27. The molecular weight excluding hydrogens is 256 g/mol. The smallest absolute Gasteiger partial charge is 0.238 e. The van der Waals surface area contributed by atoms with Crippen LogP contribution in [0.2, 0.25) is 0 Å². The third-order valence-electron chi connectivity index (χ3n) is 2.71. The van der Waals surface area contributed by atoms with Crippen molar-refractivity contribution in [1.82, 2.24) is 9.97 Å². The maximum absolute atomic E-state index is 10.4. The molecule has 2 aromatic rings. The molecule has 0 aliphatic heterocycles. The first-order valence-electron chi connectivity index (χ1n) is 6.41. The van der Waals surface area contributed by atoms with Crippen molar-refractivity contribution in [2.75, 3.05) is 7.11 Å². The van der Waals surface area contributed by atoms with Crippen LogP contribution in [0.15, 0.2) is 36.7 Å². The van der Waals surface area contributed by atoms with E-state index in [4.69, 9.17) is 9.47 Å². The Balaban J connectivity index is 2.22. The number of benzene rings is 1. The molecule has 0 bridgehead atoms. The molecule has 1 heterocycles. The zero-order chi connectivity index (χ0) is 14.5. The fourth-order valence-corrected chi connectivity index (χ4v) is 1.84. The van der Waals surface area contributed by atoms with Gasteiger partial charge in [-0.25, -0.2) is 4.98 Å². The van der Waals surface area contributed by atoms with E-state index in [1.54, 1.807) is 12.1 Å². The summed E-state index contributed by atoms with van der Waals surface area (Å²) in [6.07, 6.45) is 2.28. The molecule has 5 nitrogen and oxygen atoms in total. The predicted octanol–water partition coefficient (Wildman–Crippen LogP) is 2.35. The standard InChI is InChI=1S/C15H18N2O3/c1-10(2)20-12-6-4-11(5-7-12)14(18)13-15(19-3)17-9-8-16-13/h4-10,14,18H,1-3H3. The number of nitrogens with zero attached hydrogens (tertiary/aromatic N) is 2. The fraction of sp³-hybridized carbons (Fsp3) is 0.333. The highest BCUT2D eigenvalue weighted by molar-refractivity contribution is 5.34. The molecule has 0 saturated heterocycles. The van der Waals surface area contributed by atoms with E-state index >= 15 is 0 Å². The van der Waals surface area contributed by atoms with Gasteiger partial charge in [-0.2, -0.15) is 0 Å². The Labute approximate surface area is 118 Å². The molecule has 0 radical (unpaired) electrons. The quantitative estimate of drug-likeness (QED) is 0.906. The van der Waals surface area contributed by atoms with Crippen LogP contribution in [0.5, 0.6) is 11.6 Å². The van der Waals surface area contributed by atoms with Gasteiger partial charge in [-0.15, -0.1) is 0 Å². The van der Waals surface area contributed by atoms with E-state index in [0.717, 1.165) is 5.75 Å². The summed E-state index contributed by atoms with van der Waals surface area (Å²) in [6.45, 7) is 3.93. The number of aliphatic hydroxyl groups excluding tert-OH is 1. The van der Waals surface area contributed by atoms with E-state index in [0.29, 0.717) is 17.1 Å². The topological polar surface area (TPSA) is 64.5 Å². The third-order valence-corrected chi connectivity index (χ3v) is 2.71. The summed E-state index contributed by atoms with van der Waals surface area (Å²) >= 11 is 0. The van der Waals surface area contributed by atoms with Crippen LogP contribution in [-0.2, 0) is 0 Å². The normalized spacial score (nSPS) is 12.2. The molecular formula is C15H18N2O3. The van der Waals surface area contributed by atoms with Crippen LogP contribution in [0.25, 0.3) is 0 Å². The van der Waals surface area contributed by atoms with Crippen molar-refractivity contribution in [1.29, 1.82) is 0 Å². The van der Waals surface area contributed by atoms with Gasteiger partial charge in [0.15, 0.2) is 0 Å². The lowest BCUT2D eigenvalue weighted by molar-refractivity contribution is 0.207. The van der Waals surface area contributed by atoms with Gasteiger partial charge in [-0.3, -0.25) is 4.98 Å². The van der Waals surface area contributed by atoms with Crippen LogP contribution >= 0.6 is 0 Å². The minimum absolute atomic E-state index is 0.117. The van der Waals surface area contributed by atoms with E-state index in [1.807, 2.05) is 26.0 Å². The Hall–Kier alpha value is -2.14. The molecule has 1 unspecified atom stereocenters. The minimum atomic E-state index is -0.883. The number of ether oxygens (including phenoxy) is 2. The molecule has 5 heteroatoms. The molecule has 0 spiro atoms. The van der Waals surface area contributed by atoms with Gasteiger partial charge in [0.25, 0.3) is 0 Å². The summed E-state index contributed by atoms with van der Waals surface area (Å²) in [5.74, 6) is 1.09. The van der Waals surface area contributed by atoms with Gasteiger partial charge in [-0.1, -0.05) is 12.1 Å². The monoisotopic (exact) mass is 274 g/mol. The number of rotatable bonds is 5. The Morgan fingerprint density at radius 3 is 2.30 bits per heavy atom. The Bertz CT molecular complexity index is 555. The van der Waals surface area contributed by atoms with Crippen LogP contribution in [0.3, 0.4) is 0 Å². The van der Waals surface area contributed by atoms with Crippen molar-refractivity contribution in [3.8, 4) is 11.6 Å². The first kappa shape index (κ1) is 14.3. The third kappa shape index (κ3) is 3.24. The van der Waals surface area contributed by atoms with Crippen molar-refractivity contribution in [3.63, 3.8) is 0 Å². The van der Waals surface area contributed by atoms with Crippen LogP contribution in [0.1, 0.15) is 31.2 Å². The maximum atomic E-state index is 10.4. The number of hydrogen-bond acceptors (Lipinski definition) is 5. The van der Waals surface area contributed by atoms with Gasteiger partial charge < -0.3 is 14.6 Å². The van der Waals surface area contributed by atoms with Crippen molar-refractivity contribution >= 4 is 0 Å². The fourth-order valence-electron chi connectivity index (χ4n) is 1.84. The Morgan fingerprint density at radius 1 is 1.05 bits per heavy atom. The second kappa shape index (κ2) is 6.34. The second-order valence-electron chi connectivity index (χ2n) is 4.59. The molecule has 0 amide bonds. The molecule has 1 aromatic carbocycles. The first-order valence-corrected chi connectivity index (χ1v) is 6.41. The number of methoxy groups -OCH3 is 1. The van der Waals surface area contributed by atoms with E-state index in [9.17, 15) is 5.11 Å². The molecule has 1 atom stereocenters. The van der Waals surface area contributed by atoms with Crippen molar-refractivity contribution in [3.05, 3.63) is 47.9 Å². The highest BCUT2D eigenvalue weighted by atomic mass is 16.5. The van der Waals surface area contributed by atoms with Crippen LogP contribution in [0.4, 0.5) is 0 Å². The second-order valence-corrected chi connectivity index (χ2v) is 4.59.